The van der Waals surface area contributed by atoms with Gasteiger partial charge in [-0.2, -0.15) is 0 Å². The van der Waals surface area contributed by atoms with Crippen LogP contribution in [-0.4, -0.2) is 30.8 Å². The molecule has 8 heteroatoms. The van der Waals surface area contributed by atoms with E-state index in [0.717, 1.165) is 15.3 Å². The molecule has 156 valence electrons. The van der Waals surface area contributed by atoms with Gasteiger partial charge in [0.25, 0.3) is 5.91 Å². The Bertz CT molecular complexity index is 1150. The summed E-state index contributed by atoms with van der Waals surface area (Å²) in [5, 5.41) is 2.76. The van der Waals surface area contributed by atoms with Crippen molar-refractivity contribution in [2.24, 2.45) is 0 Å². The molecule has 0 atom stereocenters. The van der Waals surface area contributed by atoms with Gasteiger partial charge < -0.3 is 10.1 Å². The van der Waals surface area contributed by atoms with E-state index < -0.39 is 11.9 Å². The van der Waals surface area contributed by atoms with Crippen molar-refractivity contribution in [3.05, 3.63) is 71.1 Å². The molecule has 0 aliphatic carbocycles. The Morgan fingerprint density at radius 2 is 1.61 bits per heavy atom. The van der Waals surface area contributed by atoms with Gasteiger partial charge >= 0.3 is 5.97 Å². The van der Waals surface area contributed by atoms with Crippen LogP contribution in [0.1, 0.15) is 32.9 Å². The smallest absolute Gasteiger partial charge is 0.350 e. The quantitative estimate of drug-likeness (QED) is 0.482. The first kappa shape index (κ1) is 20.5. The zero-order valence-electron chi connectivity index (χ0n) is 16.6. The number of ether oxygens (including phenoxy) is 1. The summed E-state index contributed by atoms with van der Waals surface area (Å²) in [4.78, 5) is 51.0. The third kappa shape index (κ3) is 4.10. The molecule has 2 heterocycles. The second-order valence-corrected chi connectivity index (χ2v) is 7.89. The molecular formula is C23H18N2O5S. The van der Waals surface area contributed by atoms with E-state index >= 15 is 0 Å². The third-order valence-corrected chi connectivity index (χ3v) is 6.01. The number of thiophene rings is 1. The van der Waals surface area contributed by atoms with Gasteiger partial charge in [0.2, 0.25) is 11.8 Å². The number of rotatable bonds is 5. The average Bonchev–Trinajstić information content (AvgIpc) is 3.36. The largest absolute Gasteiger partial charge is 0.465 e. The molecule has 3 aromatic rings. The number of amides is 3. The molecule has 2 aromatic carbocycles. The zero-order chi connectivity index (χ0) is 22.0. The Balaban J connectivity index is 1.58. The highest BCUT2D eigenvalue weighted by molar-refractivity contribution is 7.18. The molecule has 1 aromatic heterocycles. The molecule has 31 heavy (non-hydrogen) atoms. The van der Waals surface area contributed by atoms with Gasteiger partial charge in [0.05, 0.1) is 18.5 Å². The van der Waals surface area contributed by atoms with Gasteiger partial charge in [0, 0.05) is 23.3 Å². The number of hydrogen-bond donors (Lipinski definition) is 1. The van der Waals surface area contributed by atoms with E-state index in [9.17, 15) is 19.2 Å². The van der Waals surface area contributed by atoms with Crippen LogP contribution in [0.2, 0.25) is 0 Å². The number of carbonyl (C=O) groups excluding carboxylic acids is 4. The zero-order valence-corrected chi connectivity index (χ0v) is 17.4. The van der Waals surface area contributed by atoms with Crippen LogP contribution in [0.4, 0.5) is 11.4 Å². The van der Waals surface area contributed by atoms with Crippen molar-refractivity contribution >= 4 is 46.4 Å². The lowest BCUT2D eigenvalue weighted by Gasteiger charge is -2.14. The fourth-order valence-corrected chi connectivity index (χ4v) is 4.33. The molecule has 1 saturated heterocycles. The van der Waals surface area contributed by atoms with Crippen molar-refractivity contribution in [2.45, 2.75) is 12.8 Å². The van der Waals surface area contributed by atoms with Crippen molar-refractivity contribution in [2.75, 3.05) is 17.3 Å². The van der Waals surface area contributed by atoms with Crippen molar-refractivity contribution < 1.29 is 23.9 Å². The summed E-state index contributed by atoms with van der Waals surface area (Å²) in [7, 11) is 1.29. The summed E-state index contributed by atoms with van der Waals surface area (Å²) in [5.74, 6) is -1.47. The molecule has 1 N–H and O–H groups in total. The van der Waals surface area contributed by atoms with E-state index in [4.69, 9.17) is 4.74 Å². The molecule has 4 rings (SSSR count). The molecule has 1 aliphatic heterocycles. The first-order chi connectivity index (χ1) is 15.0. The Kier molecular flexibility index (Phi) is 5.64. The number of imide groups is 1. The number of carbonyl (C=O) groups is 4. The predicted molar refractivity (Wildman–Crippen MR) is 117 cm³/mol. The lowest BCUT2D eigenvalue weighted by molar-refractivity contribution is -0.121. The minimum Gasteiger partial charge on any atom is -0.465 e. The standard InChI is InChI=1S/C23H18N2O5S/c1-30-23(29)21-17(13-18(31-21)14-5-3-2-4-6-14)24-22(28)15-7-9-16(10-8-15)25-19(26)11-12-20(25)27/h2-10,13H,11-12H2,1H3,(H,24,28). The highest BCUT2D eigenvalue weighted by Crippen LogP contribution is 2.35. The number of hydrogen-bond acceptors (Lipinski definition) is 6. The number of esters is 1. The summed E-state index contributed by atoms with van der Waals surface area (Å²) in [6.07, 6.45) is 0.387. The van der Waals surface area contributed by atoms with Crippen LogP contribution in [0, 0.1) is 0 Å². The van der Waals surface area contributed by atoms with Crippen LogP contribution in [-0.2, 0) is 14.3 Å². The van der Waals surface area contributed by atoms with E-state index in [-0.39, 0.29) is 24.7 Å². The Morgan fingerprint density at radius 1 is 0.968 bits per heavy atom. The van der Waals surface area contributed by atoms with Crippen LogP contribution >= 0.6 is 11.3 Å². The number of nitrogens with zero attached hydrogens (tertiary/aromatic N) is 1. The van der Waals surface area contributed by atoms with Crippen LogP contribution in [0.3, 0.4) is 0 Å². The first-order valence-corrected chi connectivity index (χ1v) is 10.3. The maximum atomic E-state index is 12.8. The molecular weight excluding hydrogens is 416 g/mol. The fraction of sp³-hybridized carbons (Fsp3) is 0.130. The Morgan fingerprint density at radius 3 is 2.23 bits per heavy atom. The van der Waals surface area contributed by atoms with Crippen LogP contribution in [0.25, 0.3) is 10.4 Å². The number of methoxy groups -OCH3 is 1. The van der Waals surface area contributed by atoms with E-state index in [1.54, 1.807) is 18.2 Å². The average molecular weight is 434 g/mol. The third-order valence-electron chi connectivity index (χ3n) is 4.85. The molecule has 0 radical (unpaired) electrons. The summed E-state index contributed by atoms with van der Waals surface area (Å²) >= 11 is 1.23. The van der Waals surface area contributed by atoms with Crippen LogP contribution in [0.15, 0.2) is 60.7 Å². The van der Waals surface area contributed by atoms with Crippen LogP contribution in [0.5, 0.6) is 0 Å². The van der Waals surface area contributed by atoms with Gasteiger partial charge in [-0.1, -0.05) is 30.3 Å². The summed E-state index contributed by atoms with van der Waals surface area (Å²) < 4.78 is 4.86. The molecule has 7 nitrogen and oxygen atoms in total. The van der Waals surface area contributed by atoms with Gasteiger partial charge in [-0.25, -0.2) is 4.79 Å². The monoisotopic (exact) mass is 434 g/mol. The van der Waals surface area contributed by atoms with Crippen molar-refractivity contribution in [3.63, 3.8) is 0 Å². The van der Waals surface area contributed by atoms with Crippen molar-refractivity contribution in [1.82, 2.24) is 0 Å². The van der Waals surface area contributed by atoms with E-state index in [1.165, 1.54) is 30.6 Å². The maximum absolute atomic E-state index is 12.8. The first-order valence-electron chi connectivity index (χ1n) is 9.52. The molecule has 0 spiro atoms. The predicted octanol–water partition coefficient (Wildman–Crippen LogP) is 4.11. The summed E-state index contributed by atoms with van der Waals surface area (Å²) in [6, 6.07) is 17.4. The minimum absolute atomic E-state index is 0.194. The van der Waals surface area contributed by atoms with Gasteiger partial charge in [0.1, 0.15) is 4.88 Å². The van der Waals surface area contributed by atoms with Gasteiger partial charge in [-0.3, -0.25) is 19.3 Å². The second kappa shape index (κ2) is 8.53. The Labute approximate surface area is 182 Å². The van der Waals surface area contributed by atoms with Crippen LogP contribution < -0.4 is 10.2 Å². The minimum atomic E-state index is -0.538. The number of anilines is 2. The summed E-state index contributed by atoms with van der Waals surface area (Å²) in [6.45, 7) is 0. The van der Waals surface area contributed by atoms with E-state index in [0.29, 0.717) is 21.8 Å². The molecule has 1 aliphatic rings. The summed E-state index contributed by atoms with van der Waals surface area (Å²) in [5.41, 5.74) is 2.03. The number of benzene rings is 2. The normalized spacial score (nSPS) is 13.4. The molecule has 0 unspecified atom stereocenters. The molecule has 1 fully saturated rings. The van der Waals surface area contributed by atoms with Crippen molar-refractivity contribution in [1.29, 1.82) is 0 Å². The fourth-order valence-electron chi connectivity index (χ4n) is 3.29. The highest BCUT2D eigenvalue weighted by Gasteiger charge is 2.30. The maximum Gasteiger partial charge on any atom is 0.350 e. The Hall–Kier alpha value is -3.78. The van der Waals surface area contributed by atoms with Gasteiger partial charge in [0.15, 0.2) is 0 Å². The number of nitrogens with one attached hydrogen (secondary N) is 1. The topological polar surface area (TPSA) is 92.8 Å². The molecule has 0 bridgehead atoms. The van der Waals surface area contributed by atoms with E-state index in [1.807, 2.05) is 30.3 Å². The second-order valence-electron chi connectivity index (χ2n) is 6.83. The molecule has 0 saturated carbocycles. The SMILES string of the molecule is COC(=O)c1sc(-c2ccccc2)cc1NC(=O)c1ccc(N2C(=O)CCC2=O)cc1. The lowest BCUT2D eigenvalue weighted by atomic mass is 10.1. The van der Waals surface area contributed by atoms with Crippen molar-refractivity contribution in [3.8, 4) is 10.4 Å². The lowest BCUT2D eigenvalue weighted by Crippen LogP contribution is -2.28. The highest BCUT2D eigenvalue weighted by atomic mass is 32.1. The van der Waals surface area contributed by atoms with Gasteiger partial charge in [-0.15, -0.1) is 11.3 Å². The van der Waals surface area contributed by atoms with Gasteiger partial charge in [-0.05, 0) is 35.9 Å². The molecule has 3 amide bonds. The van der Waals surface area contributed by atoms with E-state index in [2.05, 4.69) is 5.32 Å².